The summed E-state index contributed by atoms with van der Waals surface area (Å²) in [5.41, 5.74) is 5.01. The number of nitrogens with two attached hydrogens (primary N) is 1. The van der Waals surface area contributed by atoms with Crippen LogP contribution in [-0.2, 0) is 4.74 Å². The Labute approximate surface area is 54.2 Å². The summed E-state index contributed by atoms with van der Waals surface area (Å²) in [5, 5.41) is 9.52. The summed E-state index contributed by atoms with van der Waals surface area (Å²) in [6.07, 6.45) is 0. The molecule has 0 bridgehead atoms. The van der Waals surface area contributed by atoms with Crippen molar-refractivity contribution >= 4 is 5.84 Å². The second-order valence-electron chi connectivity index (χ2n) is 1.48. The first-order valence-electron chi connectivity index (χ1n) is 2.49. The summed E-state index contributed by atoms with van der Waals surface area (Å²) in [6.45, 7) is 3.71. The highest BCUT2D eigenvalue weighted by Gasteiger charge is 1.94. The van der Waals surface area contributed by atoms with E-state index in [1.165, 1.54) is 0 Å². The van der Waals surface area contributed by atoms with Gasteiger partial charge in [-0.15, -0.1) is 0 Å². The predicted molar refractivity (Wildman–Crippen MR) is 36.1 cm³/mol. The molecule has 0 aliphatic heterocycles. The Bertz CT molecular complexity index is 121. The lowest BCUT2D eigenvalue weighted by Crippen LogP contribution is -2.19. The van der Waals surface area contributed by atoms with Gasteiger partial charge in [0.2, 0.25) is 0 Å². The molecular formula is C5H11N3O. The molecule has 9 heavy (non-hydrogen) atoms. The Morgan fingerprint density at radius 1 is 1.89 bits per heavy atom. The molecule has 0 atom stereocenters. The van der Waals surface area contributed by atoms with Gasteiger partial charge in [0.15, 0.2) is 11.6 Å². The summed E-state index contributed by atoms with van der Waals surface area (Å²) in [7, 11) is 1.73. The molecular weight excluding hydrogens is 118 g/mol. The lowest BCUT2D eigenvalue weighted by atomic mass is 10.5. The molecule has 0 amide bonds. The molecule has 52 valence electrons. The maximum absolute atomic E-state index is 6.80. The van der Waals surface area contributed by atoms with E-state index in [0.717, 1.165) is 0 Å². The Morgan fingerprint density at radius 2 is 2.44 bits per heavy atom. The average Bonchev–Trinajstić information content (AvgIpc) is 1.82. The van der Waals surface area contributed by atoms with Crippen molar-refractivity contribution in [1.29, 1.82) is 5.41 Å². The van der Waals surface area contributed by atoms with Crippen molar-refractivity contribution in [3.05, 3.63) is 12.3 Å². The van der Waals surface area contributed by atoms with Gasteiger partial charge in [-0.1, -0.05) is 6.58 Å². The zero-order valence-corrected chi connectivity index (χ0v) is 5.40. The lowest BCUT2D eigenvalue weighted by Gasteiger charge is -2.04. The number of rotatable bonds is 4. The van der Waals surface area contributed by atoms with E-state index in [1.54, 1.807) is 7.05 Å². The molecule has 0 aromatic carbocycles. The molecule has 0 aliphatic carbocycles. The van der Waals surface area contributed by atoms with Crippen molar-refractivity contribution in [3.8, 4) is 0 Å². The maximum atomic E-state index is 6.80. The van der Waals surface area contributed by atoms with Gasteiger partial charge in [0.25, 0.3) is 0 Å². The van der Waals surface area contributed by atoms with Crippen molar-refractivity contribution in [2.45, 2.75) is 0 Å². The summed E-state index contributed by atoms with van der Waals surface area (Å²) in [5.74, 6) is 0.0644. The first-order chi connectivity index (χ1) is 4.18. The van der Waals surface area contributed by atoms with E-state index in [9.17, 15) is 0 Å². The molecule has 0 aliphatic rings. The average molecular weight is 129 g/mol. The number of ether oxygens (including phenoxy) is 1. The van der Waals surface area contributed by atoms with Gasteiger partial charge in [0, 0.05) is 0 Å². The standard InChI is InChI=1S/C5H11N3O/c1-4(5(6)7)9-3-8-2/h8H,1,3H2,2H3,(H3,6,7). The summed E-state index contributed by atoms with van der Waals surface area (Å²) in [6, 6.07) is 0. The van der Waals surface area contributed by atoms with Gasteiger partial charge in [-0.25, -0.2) is 0 Å². The van der Waals surface area contributed by atoms with Crippen LogP contribution < -0.4 is 11.1 Å². The lowest BCUT2D eigenvalue weighted by molar-refractivity contribution is 0.214. The highest BCUT2D eigenvalue weighted by molar-refractivity contribution is 5.91. The third-order valence-electron chi connectivity index (χ3n) is 0.691. The van der Waals surface area contributed by atoms with Crippen LogP contribution in [0.2, 0.25) is 0 Å². The SMILES string of the molecule is C=C(OCNC)C(=N)N. The Balaban J connectivity index is 3.39. The third kappa shape index (κ3) is 3.54. The minimum atomic E-state index is -0.134. The van der Waals surface area contributed by atoms with Crippen LogP contribution in [0.5, 0.6) is 0 Å². The number of nitrogens with one attached hydrogen (secondary N) is 2. The minimum absolute atomic E-state index is 0.134. The van der Waals surface area contributed by atoms with Crippen LogP contribution in [0.1, 0.15) is 0 Å². The first kappa shape index (κ1) is 7.97. The van der Waals surface area contributed by atoms with E-state index in [0.29, 0.717) is 6.73 Å². The molecule has 0 aromatic rings. The molecule has 0 heterocycles. The van der Waals surface area contributed by atoms with Crippen molar-refractivity contribution in [1.82, 2.24) is 5.32 Å². The number of hydrogen-bond acceptors (Lipinski definition) is 3. The van der Waals surface area contributed by atoms with Crippen molar-refractivity contribution in [3.63, 3.8) is 0 Å². The monoisotopic (exact) mass is 129 g/mol. The van der Waals surface area contributed by atoms with Gasteiger partial charge < -0.3 is 10.5 Å². The zero-order chi connectivity index (χ0) is 7.28. The van der Waals surface area contributed by atoms with Crippen LogP contribution in [0.4, 0.5) is 0 Å². The van der Waals surface area contributed by atoms with Crippen LogP contribution in [0.25, 0.3) is 0 Å². The molecule has 0 radical (unpaired) electrons. The molecule has 0 saturated carbocycles. The predicted octanol–water partition coefficient (Wildman–Crippen LogP) is -0.370. The fraction of sp³-hybridized carbons (Fsp3) is 0.400. The Morgan fingerprint density at radius 3 is 2.78 bits per heavy atom. The van der Waals surface area contributed by atoms with Gasteiger partial charge in [-0.3, -0.25) is 10.7 Å². The van der Waals surface area contributed by atoms with Crippen molar-refractivity contribution in [2.75, 3.05) is 13.8 Å². The van der Waals surface area contributed by atoms with Gasteiger partial charge in [-0.05, 0) is 7.05 Å². The van der Waals surface area contributed by atoms with Gasteiger partial charge in [0.05, 0.1) is 0 Å². The summed E-state index contributed by atoms with van der Waals surface area (Å²) < 4.78 is 4.80. The van der Waals surface area contributed by atoms with Gasteiger partial charge in [0.1, 0.15) is 6.73 Å². The fourth-order valence-electron chi connectivity index (χ4n) is 0.237. The second kappa shape index (κ2) is 3.91. The van der Waals surface area contributed by atoms with E-state index in [4.69, 9.17) is 15.9 Å². The van der Waals surface area contributed by atoms with Crippen LogP contribution in [0.3, 0.4) is 0 Å². The van der Waals surface area contributed by atoms with E-state index >= 15 is 0 Å². The van der Waals surface area contributed by atoms with Gasteiger partial charge >= 0.3 is 0 Å². The molecule has 0 unspecified atom stereocenters. The van der Waals surface area contributed by atoms with E-state index in [2.05, 4.69) is 11.9 Å². The molecule has 4 nitrogen and oxygen atoms in total. The molecule has 0 aromatic heterocycles. The first-order valence-corrected chi connectivity index (χ1v) is 2.49. The summed E-state index contributed by atoms with van der Waals surface area (Å²) >= 11 is 0. The Hall–Kier alpha value is -1.03. The normalized spacial score (nSPS) is 8.56. The maximum Gasteiger partial charge on any atom is 0.158 e. The molecule has 0 fully saturated rings. The molecule has 4 heteroatoms. The molecule has 0 rings (SSSR count). The van der Waals surface area contributed by atoms with Crippen LogP contribution in [0, 0.1) is 5.41 Å². The van der Waals surface area contributed by atoms with Crippen LogP contribution in [-0.4, -0.2) is 19.6 Å². The quantitative estimate of drug-likeness (QED) is 0.210. The second-order valence-corrected chi connectivity index (χ2v) is 1.48. The molecule has 4 N–H and O–H groups in total. The highest BCUT2D eigenvalue weighted by Crippen LogP contribution is 1.87. The number of hydrogen-bond donors (Lipinski definition) is 3. The summed E-state index contributed by atoms with van der Waals surface area (Å²) in [4.78, 5) is 0. The topological polar surface area (TPSA) is 71.1 Å². The minimum Gasteiger partial charge on any atom is -0.475 e. The molecule has 0 saturated heterocycles. The van der Waals surface area contributed by atoms with Crippen molar-refractivity contribution in [2.24, 2.45) is 5.73 Å². The molecule has 0 spiro atoms. The largest absolute Gasteiger partial charge is 0.475 e. The van der Waals surface area contributed by atoms with E-state index < -0.39 is 0 Å². The Kier molecular flexibility index (Phi) is 3.46. The third-order valence-corrected chi connectivity index (χ3v) is 0.691. The van der Waals surface area contributed by atoms with Crippen molar-refractivity contribution < 1.29 is 4.74 Å². The number of amidine groups is 1. The van der Waals surface area contributed by atoms with Gasteiger partial charge in [-0.2, -0.15) is 0 Å². The van der Waals surface area contributed by atoms with Crippen LogP contribution >= 0.6 is 0 Å². The zero-order valence-electron chi connectivity index (χ0n) is 5.40. The van der Waals surface area contributed by atoms with Crippen LogP contribution in [0.15, 0.2) is 12.3 Å². The van der Waals surface area contributed by atoms with E-state index in [-0.39, 0.29) is 11.6 Å². The van der Waals surface area contributed by atoms with E-state index in [1.807, 2.05) is 0 Å². The fourth-order valence-corrected chi connectivity index (χ4v) is 0.237. The highest BCUT2D eigenvalue weighted by atomic mass is 16.5. The smallest absolute Gasteiger partial charge is 0.158 e.